The average Bonchev–Trinajstić information content (AvgIpc) is 3.52. The summed E-state index contributed by atoms with van der Waals surface area (Å²) in [7, 11) is 0. The van der Waals surface area contributed by atoms with Gasteiger partial charge in [0.25, 0.3) is 11.8 Å². The minimum absolute atomic E-state index is 0.0278. The highest BCUT2D eigenvalue weighted by Crippen LogP contribution is 2.65. The second kappa shape index (κ2) is 12.0. The highest BCUT2D eigenvalue weighted by molar-refractivity contribution is 6.22. The summed E-state index contributed by atoms with van der Waals surface area (Å²) in [5, 5.41) is 13.1. The topological polar surface area (TPSA) is 107 Å². The number of anilines is 2. The van der Waals surface area contributed by atoms with Crippen LogP contribution < -0.4 is 10.3 Å². The predicted molar refractivity (Wildman–Crippen MR) is 190 cm³/mol. The fraction of sp³-hybridized carbons (Fsp3) is 0.238. The lowest BCUT2D eigenvalue weighted by Gasteiger charge is -2.50. The van der Waals surface area contributed by atoms with Gasteiger partial charge in [-0.15, -0.1) is 6.58 Å². The van der Waals surface area contributed by atoms with Crippen LogP contribution in [0, 0.1) is 30.6 Å². The van der Waals surface area contributed by atoms with Crippen LogP contribution >= 0.6 is 0 Å². The molecular formula is C42H37N3O5. The van der Waals surface area contributed by atoms with Crippen LogP contribution in [0.3, 0.4) is 0 Å². The van der Waals surface area contributed by atoms with E-state index in [0.717, 1.165) is 16.1 Å². The van der Waals surface area contributed by atoms with Crippen LogP contribution in [0.2, 0.25) is 0 Å². The fourth-order valence-corrected chi connectivity index (χ4v) is 9.09. The van der Waals surface area contributed by atoms with E-state index in [-0.39, 0.29) is 24.0 Å². The number of aromatic hydroxyl groups is 1. The van der Waals surface area contributed by atoms with Crippen LogP contribution in [0.5, 0.6) is 5.75 Å². The third-order valence-corrected chi connectivity index (χ3v) is 11.2. The number of hydrogen-bond donors (Lipinski definition) is 2. The number of para-hydroxylation sites is 2. The minimum atomic E-state index is -1.46. The molecular weight excluding hydrogens is 626 g/mol. The first-order chi connectivity index (χ1) is 24.3. The van der Waals surface area contributed by atoms with Crippen molar-refractivity contribution in [2.45, 2.75) is 37.5 Å². The SMILES string of the molecule is C=CCc1cccc(C2C3=CCC4C(=O)N(c5ccccc5)C(=O)C4C3CC3C(=O)N(Nc4ccc(C)cc4)C(=O)C32c2ccccc2)c1O. The first-order valence-electron chi connectivity index (χ1n) is 17.1. The Morgan fingerprint density at radius 3 is 2.24 bits per heavy atom. The molecule has 0 aromatic heterocycles. The fourth-order valence-electron chi connectivity index (χ4n) is 9.09. The number of carbonyl (C=O) groups is 4. The second-order valence-corrected chi connectivity index (χ2v) is 13.8. The number of imide groups is 2. The summed E-state index contributed by atoms with van der Waals surface area (Å²) in [6.07, 6.45) is 4.60. The molecule has 250 valence electrons. The van der Waals surface area contributed by atoms with E-state index in [1.165, 1.54) is 4.90 Å². The van der Waals surface area contributed by atoms with Crippen molar-refractivity contribution in [2.75, 3.05) is 10.3 Å². The first kappa shape index (κ1) is 31.5. The van der Waals surface area contributed by atoms with Gasteiger partial charge in [0.2, 0.25) is 11.8 Å². The summed E-state index contributed by atoms with van der Waals surface area (Å²) in [5.41, 5.74) is 6.38. The summed E-state index contributed by atoms with van der Waals surface area (Å²) in [6, 6.07) is 31.2. The van der Waals surface area contributed by atoms with Gasteiger partial charge in [0.05, 0.1) is 34.5 Å². The highest BCUT2D eigenvalue weighted by atomic mass is 16.3. The number of allylic oxidation sites excluding steroid dienone is 3. The number of hydrogen-bond acceptors (Lipinski definition) is 6. The van der Waals surface area contributed by atoms with Crippen molar-refractivity contribution < 1.29 is 24.3 Å². The Bertz CT molecular complexity index is 2080. The third-order valence-electron chi connectivity index (χ3n) is 11.2. The smallest absolute Gasteiger partial charge is 0.260 e. The van der Waals surface area contributed by atoms with E-state index in [9.17, 15) is 19.5 Å². The molecule has 4 aromatic carbocycles. The van der Waals surface area contributed by atoms with Gasteiger partial charge in [-0.25, -0.2) is 0 Å². The van der Waals surface area contributed by atoms with E-state index in [2.05, 4.69) is 12.0 Å². The zero-order valence-corrected chi connectivity index (χ0v) is 27.7. The molecule has 8 heteroatoms. The zero-order chi connectivity index (χ0) is 34.7. The number of nitrogens with zero attached hydrogens (tertiary/aromatic N) is 2. The molecule has 2 aliphatic carbocycles. The third kappa shape index (κ3) is 4.51. The molecule has 0 spiro atoms. The molecule has 3 fully saturated rings. The Labute approximate surface area is 290 Å². The lowest BCUT2D eigenvalue weighted by atomic mass is 9.49. The number of amides is 4. The van der Waals surface area contributed by atoms with Gasteiger partial charge in [-0.05, 0) is 67.5 Å². The molecule has 8 nitrogen and oxygen atoms in total. The summed E-state index contributed by atoms with van der Waals surface area (Å²) in [6.45, 7) is 5.83. The maximum absolute atomic E-state index is 15.3. The average molecular weight is 664 g/mol. The van der Waals surface area contributed by atoms with E-state index >= 15 is 4.79 Å². The van der Waals surface area contributed by atoms with Gasteiger partial charge >= 0.3 is 0 Å². The van der Waals surface area contributed by atoms with Gasteiger partial charge in [-0.2, -0.15) is 5.01 Å². The molecule has 2 N–H and O–H groups in total. The number of fused-ring (bicyclic) bond motifs is 4. The van der Waals surface area contributed by atoms with Crippen LogP contribution in [-0.2, 0) is 31.0 Å². The Hall–Kier alpha value is -5.76. The Kier molecular flexibility index (Phi) is 7.55. The molecule has 0 radical (unpaired) electrons. The largest absolute Gasteiger partial charge is 0.507 e. The van der Waals surface area contributed by atoms with E-state index in [1.54, 1.807) is 30.3 Å². The van der Waals surface area contributed by atoms with Gasteiger partial charge in [0.15, 0.2) is 0 Å². The van der Waals surface area contributed by atoms with Crippen LogP contribution in [0.25, 0.3) is 0 Å². The van der Waals surface area contributed by atoms with Crippen molar-refractivity contribution in [1.82, 2.24) is 5.01 Å². The molecule has 50 heavy (non-hydrogen) atoms. The predicted octanol–water partition coefficient (Wildman–Crippen LogP) is 6.62. The maximum atomic E-state index is 15.3. The molecule has 2 aliphatic heterocycles. The molecule has 2 saturated heterocycles. The quantitative estimate of drug-likeness (QED) is 0.170. The van der Waals surface area contributed by atoms with E-state index in [4.69, 9.17) is 0 Å². The number of carbonyl (C=O) groups excluding carboxylic acids is 4. The van der Waals surface area contributed by atoms with Crippen molar-refractivity contribution in [1.29, 1.82) is 0 Å². The van der Waals surface area contributed by atoms with Crippen molar-refractivity contribution in [3.05, 3.63) is 150 Å². The highest BCUT2D eigenvalue weighted by Gasteiger charge is 2.70. The number of hydrazine groups is 1. The van der Waals surface area contributed by atoms with Gasteiger partial charge in [0, 0.05) is 11.5 Å². The van der Waals surface area contributed by atoms with E-state index in [0.29, 0.717) is 40.9 Å². The van der Waals surface area contributed by atoms with Gasteiger partial charge in [0.1, 0.15) is 5.75 Å². The van der Waals surface area contributed by atoms with Crippen molar-refractivity contribution >= 4 is 35.0 Å². The van der Waals surface area contributed by atoms with Crippen LogP contribution in [0.15, 0.2) is 127 Å². The molecule has 1 saturated carbocycles. The maximum Gasteiger partial charge on any atom is 0.260 e. The first-order valence-corrected chi connectivity index (χ1v) is 17.1. The Morgan fingerprint density at radius 1 is 0.840 bits per heavy atom. The summed E-state index contributed by atoms with van der Waals surface area (Å²) >= 11 is 0. The number of phenols is 1. The van der Waals surface area contributed by atoms with Gasteiger partial charge < -0.3 is 5.11 Å². The number of phenolic OH excluding ortho intramolecular Hbond substituents is 1. The molecule has 6 unspecified atom stereocenters. The summed E-state index contributed by atoms with van der Waals surface area (Å²) in [5.74, 6) is -4.94. The molecule has 2 heterocycles. The molecule has 6 atom stereocenters. The summed E-state index contributed by atoms with van der Waals surface area (Å²) < 4.78 is 0. The number of rotatable bonds is 7. The van der Waals surface area contributed by atoms with Crippen LogP contribution in [0.4, 0.5) is 11.4 Å². The molecule has 8 rings (SSSR count). The molecule has 4 aliphatic rings. The van der Waals surface area contributed by atoms with E-state index < -0.39 is 46.8 Å². The van der Waals surface area contributed by atoms with Gasteiger partial charge in [-0.3, -0.25) is 29.5 Å². The minimum Gasteiger partial charge on any atom is -0.507 e. The van der Waals surface area contributed by atoms with Crippen LogP contribution in [-0.4, -0.2) is 33.7 Å². The second-order valence-electron chi connectivity index (χ2n) is 13.8. The number of nitrogens with one attached hydrogen (secondary N) is 1. The lowest BCUT2D eigenvalue weighted by molar-refractivity contribution is -0.138. The van der Waals surface area contributed by atoms with Gasteiger partial charge in [-0.1, -0.05) is 102 Å². The zero-order valence-electron chi connectivity index (χ0n) is 27.7. The number of aryl methyl sites for hydroxylation is 1. The molecule has 4 aromatic rings. The summed E-state index contributed by atoms with van der Waals surface area (Å²) in [4.78, 5) is 59.8. The lowest BCUT2D eigenvalue weighted by Crippen LogP contribution is -2.53. The Morgan fingerprint density at radius 2 is 1.54 bits per heavy atom. The van der Waals surface area contributed by atoms with Crippen molar-refractivity contribution in [3.63, 3.8) is 0 Å². The van der Waals surface area contributed by atoms with Crippen LogP contribution in [0.1, 0.15) is 41.0 Å². The molecule has 4 amide bonds. The van der Waals surface area contributed by atoms with Crippen molar-refractivity contribution in [2.24, 2.45) is 23.7 Å². The standard InChI is InChI=1S/C42H37N3O5/c1-3-11-26-12-10-17-32(37(26)46)36-30-22-23-31-35(40(49)44(38(31)47)29-15-8-5-9-16-29)33(30)24-34-39(48)45(43-28-20-18-25(2)19-21-28)41(50)42(34,36)27-13-6-4-7-14-27/h3-10,12-22,31,33-36,43,46H,1,11,23-24H2,2H3. The Balaban J connectivity index is 1.34. The molecule has 0 bridgehead atoms. The number of benzene rings is 4. The monoisotopic (exact) mass is 663 g/mol. The van der Waals surface area contributed by atoms with Crippen molar-refractivity contribution in [3.8, 4) is 5.75 Å². The van der Waals surface area contributed by atoms with E-state index in [1.807, 2.05) is 91.9 Å². The normalized spacial score (nSPS) is 27.1.